The van der Waals surface area contributed by atoms with Crippen molar-refractivity contribution < 1.29 is 14.6 Å². The number of hydrogen-bond donors (Lipinski definition) is 1. The fourth-order valence-corrected chi connectivity index (χ4v) is 3.11. The highest BCUT2D eigenvalue weighted by atomic mass is 28.3. The van der Waals surface area contributed by atoms with Crippen molar-refractivity contribution in [2.45, 2.75) is 45.3 Å². The molecule has 0 aliphatic carbocycles. The van der Waals surface area contributed by atoms with E-state index in [0.717, 1.165) is 11.6 Å². The molecule has 6 nitrogen and oxygen atoms in total. The van der Waals surface area contributed by atoms with Crippen molar-refractivity contribution in [3.63, 3.8) is 0 Å². The van der Waals surface area contributed by atoms with Crippen molar-refractivity contribution in [1.29, 1.82) is 0 Å². The second-order valence-corrected chi connectivity index (χ2v) is 12.7. The maximum Gasteiger partial charge on any atom is 0.303 e. The van der Waals surface area contributed by atoms with Crippen molar-refractivity contribution in [1.82, 2.24) is 9.78 Å². The minimum absolute atomic E-state index is 0.0298. The minimum Gasteiger partial charge on any atom is -0.481 e. The van der Waals surface area contributed by atoms with E-state index in [2.05, 4.69) is 24.7 Å². The first-order valence-electron chi connectivity index (χ1n) is 8.05. The lowest BCUT2D eigenvalue weighted by Crippen LogP contribution is -2.26. The molecule has 0 amide bonds. The fourth-order valence-electron chi connectivity index (χ4n) is 2.35. The van der Waals surface area contributed by atoms with E-state index in [4.69, 9.17) is 9.84 Å². The van der Waals surface area contributed by atoms with Gasteiger partial charge in [-0.15, -0.1) is 0 Å². The lowest BCUT2D eigenvalue weighted by molar-refractivity contribution is -0.136. The zero-order valence-electron chi connectivity index (χ0n) is 14.4. The van der Waals surface area contributed by atoms with Crippen LogP contribution < -0.4 is 5.56 Å². The highest BCUT2D eigenvalue weighted by Crippen LogP contribution is 2.16. The van der Waals surface area contributed by atoms with Crippen molar-refractivity contribution in [2.24, 2.45) is 0 Å². The van der Waals surface area contributed by atoms with E-state index in [1.807, 2.05) is 6.07 Å². The van der Waals surface area contributed by atoms with Crippen molar-refractivity contribution >= 4 is 24.8 Å². The minimum atomic E-state index is -1.16. The van der Waals surface area contributed by atoms with Crippen LogP contribution in [0.4, 0.5) is 0 Å². The molecule has 0 fully saturated rings. The summed E-state index contributed by atoms with van der Waals surface area (Å²) in [5, 5.41) is 14.3. The van der Waals surface area contributed by atoms with Gasteiger partial charge < -0.3 is 9.84 Å². The number of fused-ring (bicyclic) bond motifs is 1. The third-order valence-electron chi connectivity index (χ3n) is 3.81. The molecular formula is C17H24N2O4Si. The predicted octanol–water partition coefficient (Wildman–Crippen LogP) is 2.73. The van der Waals surface area contributed by atoms with Gasteiger partial charge in [0.25, 0.3) is 5.56 Å². The first kappa shape index (κ1) is 18.3. The van der Waals surface area contributed by atoms with Crippen LogP contribution in [0.25, 0.3) is 10.8 Å². The number of ether oxygens (including phenoxy) is 1. The van der Waals surface area contributed by atoms with Crippen LogP contribution in [-0.4, -0.2) is 35.5 Å². The predicted molar refractivity (Wildman–Crippen MR) is 96.1 cm³/mol. The number of carbonyl (C=O) groups is 1. The number of carboxylic acids is 1. The van der Waals surface area contributed by atoms with Crippen LogP contribution in [0.15, 0.2) is 29.2 Å². The number of nitrogens with zero attached hydrogens (tertiary/aromatic N) is 2. The van der Waals surface area contributed by atoms with Gasteiger partial charge in [0, 0.05) is 26.5 Å². The van der Waals surface area contributed by atoms with Gasteiger partial charge in [-0.2, -0.15) is 5.10 Å². The Balaban J connectivity index is 2.15. The third-order valence-corrected chi connectivity index (χ3v) is 5.51. The summed E-state index contributed by atoms with van der Waals surface area (Å²) in [4.78, 5) is 23.3. The Morgan fingerprint density at radius 3 is 2.71 bits per heavy atom. The molecule has 7 heteroatoms. The average Bonchev–Trinajstić information content (AvgIpc) is 2.50. The molecule has 2 rings (SSSR count). The smallest absolute Gasteiger partial charge is 0.303 e. The molecule has 24 heavy (non-hydrogen) atoms. The average molecular weight is 348 g/mol. The SMILES string of the molecule is C[Si](C)(C)CCOCn1ncc2c(CCC(=O)O)cccc2c1=O. The first-order chi connectivity index (χ1) is 11.3. The van der Waals surface area contributed by atoms with Crippen LogP contribution in [0.1, 0.15) is 12.0 Å². The monoisotopic (exact) mass is 348 g/mol. The molecule has 0 bridgehead atoms. The number of aryl methyl sites for hydroxylation is 1. The molecule has 0 unspecified atom stereocenters. The van der Waals surface area contributed by atoms with Crippen LogP contribution >= 0.6 is 0 Å². The van der Waals surface area contributed by atoms with Gasteiger partial charge in [0.2, 0.25) is 0 Å². The van der Waals surface area contributed by atoms with Crippen LogP contribution in [0.3, 0.4) is 0 Å². The van der Waals surface area contributed by atoms with Crippen LogP contribution in [-0.2, 0) is 22.7 Å². The molecule has 1 aromatic heterocycles. The van der Waals surface area contributed by atoms with E-state index in [0.29, 0.717) is 23.8 Å². The van der Waals surface area contributed by atoms with Gasteiger partial charge in [-0.05, 0) is 24.1 Å². The molecule has 1 N–H and O–H groups in total. The first-order valence-corrected chi connectivity index (χ1v) is 11.8. The lowest BCUT2D eigenvalue weighted by atomic mass is 10.0. The summed E-state index contributed by atoms with van der Waals surface area (Å²) in [6, 6.07) is 6.38. The van der Waals surface area contributed by atoms with Crippen molar-refractivity contribution in [3.05, 3.63) is 40.3 Å². The lowest BCUT2D eigenvalue weighted by Gasteiger charge is -2.15. The van der Waals surface area contributed by atoms with Gasteiger partial charge in [-0.3, -0.25) is 9.59 Å². The van der Waals surface area contributed by atoms with Gasteiger partial charge in [0.15, 0.2) is 0 Å². The number of hydrogen-bond acceptors (Lipinski definition) is 4. The summed E-state index contributed by atoms with van der Waals surface area (Å²) in [7, 11) is -1.16. The molecule has 0 spiro atoms. The van der Waals surface area contributed by atoms with E-state index in [-0.39, 0.29) is 18.7 Å². The molecule has 130 valence electrons. The topological polar surface area (TPSA) is 81.4 Å². The van der Waals surface area contributed by atoms with Gasteiger partial charge in [-0.1, -0.05) is 31.8 Å². The van der Waals surface area contributed by atoms with Crippen LogP contribution in [0, 0.1) is 0 Å². The summed E-state index contributed by atoms with van der Waals surface area (Å²) >= 11 is 0. The third kappa shape index (κ3) is 5.00. The van der Waals surface area contributed by atoms with Crippen molar-refractivity contribution in [2.75, 3.05) is 6.61 Å². The maximum atomic E-state index is 12.5. The zero-order valence-corrected chi connectivity index (χ0v) is 15.4. The zero-order chi connectivity index (χ0) is 17.7. The maximum absolute atomic E-state index is 12.5. The molecule has 1 aromatic carbocycles. The molecule has 0 saturated heterocycles. The molecule has 0 atom stereocenters. The van der Waals surface area contributed by atoms with Crippen molar-refractivity contribution in [3.8, 4) is 0 Å². The fraction of sp³-hybridized carbons (Fsp3) is 0.471. The van der Waals surface area contributed by atoms with E-state index in [1.54, 1.807) is 18.3 Å². The standard InChI is InChI=1S/C17H24N2O4Si/c1-24(2,3)10-9-23-12-19-17(22)14-6-4-5-13(7-8-16(20)21)15(14)11-18-19/h4-6,11H,7-10,12H2,1-3H3,(H,20,21). The Labute approximate surface area is 142 Å². The van der Waals surface area contributed by atoms with Gasteiger partial charge in [0.1, 0.15) is 6.73 Å². The second kappa shape index (κ2) is 7.72. The van der Waals surface area contributed by atoms with E-state index >= 15 is 0 Å². The normalized spacial score (nSPS) is 11.8. The van der Waals surface area contributed by atoms with E-state index in [1.165, 1.54) is 4.68 Å². The van der Waals surface area contributed by atoms with Gasteiger partial charge in [-0.25, -0.2) is 4.68 Å². The number of benzene rings is 1. The van der Waals surface area contributed by atoms with Gasteiger partial charge >= 0.3 is 5.97 Å². The molecule has 0 radical (unpaired) electrons. The summed E-state index contributed by atoms with van der Waals surface area (Å²) in [5.74, 6) is -0.857. The van der Waals surface area contributed by atoms with Crippen LogP contribution in [0.2, 0.25) is 25.7 Å². The molecule has 0 aliphatic rings. The Morgan fingerprint density at radius 1 is 1.29 bits per heavy atom. The highest BCUT2D eigenvalue weighted by Gasteiger charge is 2.13. The quantitative estimate of drug-likeness (QED) is 0.586. The summed E-state index contributed by atoms with van der Waals surface area (Å²) in [6.07, 6.45) is 2.03. The van der Waals surface area contributed by atoms with E-state index < -0.39 is 14.0 Å². The number of aromatic nitrogens is 2. The Hall–Kier alpha value is -1.99. The molecule has 1 heterocycles. The number of rotatable bonds is 8. The molecular weight excluding hydrogens is 324 g/mol. The number of carboxylic acid groups (broad SMARTS) is 1. The Bertz CT molecular complexity index is 780. The molecule has 0 saturated carbocycles. The molecule has 0 aliphatic heterocycles. The highest BCUT2D eigenvalue weighted by molar-refractivity contribution is 6.76. The summed E-state index contributed by atoms with van der Waals surface area (Å²) in [6.45, 7) is 7.58. The summed E-state index contributed by atoms with van der Waals surface area (Å²) in [5.41, 5.74) is 0.615. The largest absolute Gasteiger partial charge is 0.481 e. The van der Waals surface area contributed by atoms with Gasteiger partial charge in [0.05, 0.1) is 11.6 Å². The Morgan fingerprint density at radius 2 is 2.04 bits per heavy atom. The van der Waals surface area contributed by atoms with E-state index in [9.17, 15) is 9.59 Å². The summed E-state index contributed by atoms with van der Waals surface area (Å²) < 4.78 is 6.91. The molecule has 2 aromatic rings. The van der Waals surface area contributed by atoms with Crippen LogP contribution in [0.5, 0.6) is 0 Å². The Kier molecular flexibility index (Phi) is 5.90. The number of aliphatic carboxylic acids is 1. The second-order valence-electron chi connectivity index (χ2n) is 7.07.